The highest BCUT2D eigenvalue weighted by Gasteiger charge is 2.41. The van der Waals surface area contributed by atoms with Gasteiger partial charge in [-0.15, -0.1) is 0 Å². The van der Waals surface area contributed by atoms with Gasteiger partial charge in [0, 0.05) is 24.1 Å². The molecule has 4 nitrogen and oxygen atoms in total. The molecule has 2 aromatic heterocycles. The van der Waals surface area contributed by atoms with Crippen LogP contribution in [0.1, 0.15) is 48.6 Å². The Balaban J connectivity index is 1.85. The molecule has 1 fully saturated rings. The quantitative estimate of drug-likeness (QED) is 0.512. The van der Waals surface area contributed by atoms with Crippen molar-refractivity contribution >= 4 is 28.9 Å². The van der Waals surface area contributed by atoms with Gasteiger partial charge in [0.1, 0.15) is 0 Å². The molecule has 0 bridgehead atoms. The highest BCUT2D eigenvalue weighted by atomic mass is 35.5. The topological polar surface area (TPSA) is 33.1 Å². The van der Waals surface area contributed by atoms with Crippen molar-refractivity contribution in [2.45, 2.75) is 39.8 Å². The van der Waals surface area contributed by atoms with Crippen molar-refractivity contribution in [1.82, 2.24) is 19.8 Å². The van der Waals surface area contributed by atoms with E-state index >= 15 is 0 Å². The Morgan fingerprint density at radius 1 is 1.13 bits per heavy atom. The van der Waals surface area contributed by atoms with Crippen molar-refractivity contribution in [2.24, 2.45) is 5.92 Å². The van der Waals surface area contributed by atoms with Crippen LogP contribution in [0.15, 0.2) is 54.7 Å². The second kappa shape index (κ2) is 8.40. The summed E-state index contributed by atoms with van der Waals surface area (Å²) in [5.41, 5.74) is 5.57. The molecule has 3 heterocycles. The minimum absolute atomic E-state index is 0.00218. The van der Waals surface area contributed by atoms with Crippen LogP contribution < -0.4 is 5.32 Å². The number of nitrogens with one attached hydrogen (secondary N) is 1. The van der Waals surface area contributed by atoms with Crippen molar-refractivity contribution in [2.75, 3.05) is 6.54 Å². The van der Waals surface area contributed by atoms with E-state index in [-0.39, 0.29) is 12.1 Å². The average Bonchev–Trinajstić information content (AvgIpc) is 3.18. The molecule has 4 rings (SSSR count). The van der Waals surface area contributed by atoms with Gasteiger partial charge >= 0.3 is 0 Å². The maximum Gasteiger partial charge on any atom is 0.170 e. The Labute approximate surface area is 188 Å². The average molecular weight is 439 g/mol. The van der Waals surface area contributed by atoms with Crippen LogP contribution in [0, 0.1) is 19.8 Å². The van der Waals surface area contributed by atoms with E-state index in [9.17, 15) is 0 Å². The summed E-state index contributed by atoms with van der Waals surface area (Å²) in [4.78, 5) is 6.96. The fourth-order valence-corrected chi connectivity index (χ4v) is 4.96. The van der Waals surface area contributed by atoms with Gasteiger partial charge in [-0.25, -0.2) is 0 Å². The number of benzene rings is 1. The van der Waals surface area contributed by atoms with Crippen molar-refractivity contribution in [3.8, 4) is 5.69 Å². The molecular formula is C24H27ClN4S. The number of hydrogen-bond acceptors (Lipinski definition) is 2. The summed E-state index contributed by atoms with van der Waals surface area (Å²) < 4.78 is 2.24. The van der Waals surface area contributed by atoms with Crippen LogP contribution in [0.3, 0.4) is 0 Å². The number of aromatic nitrogens is 2. The third-order valence-corrected chi connectivity index (χ3v) is 6.31. The van der Waals surface area contributed by atoms with Gasteiger partial charge in [0.05, 0.1) is 28.5 Å². The second-order valence-electron chi connectivity index (χ2n) is 8.29. The van der Waals surface area contributed by atoms with Crippen LogP contribution in [-0.4, -0.2) is 26.1 Å². The van der Waals surface area contributed by atoms with Crippen molar-refractivity contribution in [3.05, 3.63) is 82.4 Å². The maximum atomic E-state index is 6.54. The van der Waals surface area contributed by atoms with E-state index in [1.165, 1.54) is 11.3 Å². The second-order valence-corrected chi connectivity index (χ2v) is 9.08. The lowest BCUT2D eigenvalue weighted by Crippen LogP contribution is -2.33. The Morgan fingerprint density at radius 3 is 2.53 bits per heavy atom. The smallest absolute Gasteiger partial charge is 0.170 e. The lowest BCUT2D eigenvalue weighted by atomic mass is 9.96. The lowest BCUT2D eigenvalue weighted by molar-refractivity contribution is 0.287. The molecule has 1 aromatic carbocycles. The summed E-state index contributed by atoms with van der Waals surface area (Å²) in [5.74, 6) is 0.488. The highest BCUT2D eigenvalue weighted by molar-refractivity contribution is 7.80. The van der Waals surface area contributed by atoms with Gasteiger partial charge < -0.3 is 14.8 Å². The van der Waals surface area contributed by atoms with E-state index in [4.69, 9.17) is 23.8 Å². The normalized spacial score (nSPS) is 18.9. The van der Waals surface area contributed by atoms with Crippen molar-refractivity contribution in [3.63, 3.8) is 0 Å². The molecule has 0 amide bonds. The number of thiocarbonyl (C=S) groups is 1. The molecule has 0 saturated carbocycles. The van der Waals surface area contributed by atoms with Gasteiger partial charge in [0.15, 0.2) is 5.11 Å². The monoisotopic (exact) mass is 438 g/mol. The lowest BCUT2D eigenvalue weighted by Gasteiger charge is -2.29. The molecule has 0 spiro atoms. The van der Waals surface area contributed by atoms with E-state index in [0.717, 1.165) is 33.8 Å². The number of para-hydroxylation sites is 1. The number of nitrogens with zero attached hydrogens (tertiary/aromatic N) is 3. The number of hydrogen-bond donors (Lipinski definition) is 1. The molecular weight excluding hydrogens is 412 g/mol. The van der Waals surface area contributed by atoms with E-state index in [1.54, 1.807) is 0 Å². The largest absolute Gasteiger partial charge is 0.352 e. The van der Waals surface area contributed by atoms with Crippen molar-refractivity contribution in [1.29, 1.82) is 0 Å². The summed E-state index contributed by atoms with van der Waals surface area (Å²) in [6.07, 6.45) is 1.84. The first-order valence-electron chi connectivity index (χ1n) is 10.3. The number of halogens is 1. The maximum absolute atomic E-state index is 6.54. The summed E-state index contributed by atoms with van der Waals surface area (Å²) >= 11 is 12.3. The Kier molecular flexibility index (Phi) is 5.85. The third kappa shape index (κ3) is 3.72. The fourth-order valence-electron chi connectivity index (χ4n) is 4.42. The number of aryl methyl sites for hydroxylation is 1. The van der Waals surface area contributed by atoms with Gasteiger partial charge in [-0.05, 0) is 67.9 Å². The van der Waals surface area contributed by atoms with Crippen LogP contribution in [0.5, 0.6) is 0 Å². The molecule has 30 heavy (non-hydrogen) atoms. The standard InChI is InChI=1S/C24H27ClN4S/c1-15(2)14-28-23(22(27-24(28)30)20-10-7-8-12-26-20)18-13-16(3)29(17(18)4)21-11-6-5-9-19(21)25/h5-13,15,22-23H,14H2,1-4H3,(H,27,30)/t22-,23-/m1/s1. The molecule has 1 aliphatic rings. The number of rotatable bonds is 5. The molecule has 0 radical (unpaired) electrons. The summed E-state index contributed by atoms with van der Waals surface area (Å²) in [7, 11) is 0. The molecule has 1 N–H and O–H groups in total. The zero-order chi connectivity index (χ0) is 21.4. The molecule has 156 valence electrons. The first-order valence-corrected chi connectivity index (χ1v) is 11.1. The van der Waals surface area contributed by atoms with Crippen LogP contribution in [0.25, 0.3) is 5.69 Å². The first-order chi connectivity index (χ1) is 14.4. The van der Waals surface area contributed by atoms with Crippen molar-refractivity contribution < 1.29 is 0 Å². The molecule has 0 unspecified atom stereocenters. The molecule has 1 aliphatic heterocycles. The third-order valence-electron chi connectivity index (χ3n) is 5.64. The van der Waals surface area contributed by atoms with Crippen LogP contribution >= 0.6 is 23.8 Å². The first kappa shape index (κ1) is 20.9. The van der Waals surface area contributed by atoms with Crippen LogP contribution in [0.2, 0.25) is 5.02 Å². The summed E-state index contributed by atoms with van der Waals surface area (Å²) in [5, 5.41) is 5.07. The Hall–Kier alpha value is -2.37. The van der Waals surface area contributed by atoms with E-state index in [0.29, 0.717) is 5.92 Å². The SMILES string of the molecule is Cc1cc([C@@H]2[C@@H](c3ccccn3)NC(=S)N2CC(C)C)c(C)n1-c1ccccc1Cl. The van der Waals surface area contributed by atoms with E-state index in [1.807, 2.05) is 36.5 Å². The van der Waals surface area contributed by atoms with Gasteiger partial charge in [0.25, 0.3) is 0 Å². The van der Waals surface area contributed by atoms with E-state index in [2.05, 4.69) is 65.7 Å². The molecule has 0 aliphatic carbocycles. The highest BCUT2D eigenvalue weighted by Crippen LogP contribution is 2.42. The van der Waals surface area contributed by atoms with Gasteiger partial charge in [0.2, 0.25) is 0 Å². The van der Waals surface area contributed by atoms with Gasteiger partial charge in [-0.1, -0.05) is 43.6 Å². The predicted octanol–water partition coefficient (Wildman–Crippen LogP) is 5.77. The summed E-state index contributed by atoms with van der Waals surface area (Å²) in [6, 6.07) is 16.4. The summed E-state index contributed by atoms with van der Waals surface area (Å²) in [6.45, 7) is 9.62. The van der Waals surface area contributed by atoms with Gasteiger partial charge in [-0.2, -0.15) is 0 Å². The Bertz CT molecular complexity index is 1060. The number of pyridine rings is 1. The fraction of sp³-hybridized carbons (Fsp3) is 0.333. The minimum atomic E-state index is -0.00218. The molecule has 6 heteroatoms. The zero-order valence-corrected chi connectivity index (χ0v) is 19.3. The van der Waals surface area contributed by atoms with Crippen LogP contribution in [-0.2, 0) is 0 Å². The zero-order valence-electron chi connectivity index (χ0n) is 17.8. The molecule has 2 atom stereocenters. The van der Waals surface area contributed by atoms with Gasteiger partial charge in [-0.3, -0.25) is 4.98 Å². The van der Waals surface area contributed by atoms with Crippen LogP contribution in [0.4, 0.5) is 0 Å². The van der Waals surface area contributed by atoms with E-state index < -0.39 is 0 Å². The Morgan fingerprint density at radius 2 is 1.87 bits per heavy atom. The molecule has 1 saturated heterocycles. The predicted molar refractivity (Wildman–Crippen MR) is 127 cm³/mol. The minimum Gasteiger partial charge on any atom is -0.352 e. The molecule has 3 aromatic rings.